The zero-order valence-corrected chi connectivity index (χ0v) is 9.71. The van der Waals surface area contributed by atoms with E-state index in [0.717, 1.165) is 11.5 Å². The Morgan fingerprint density at radius 3 is 2.82 bits per heavy atom. The third-order valence-corrected chi connectivity index (χ3v) is 2.87. The van der Waals surface area contributed by atoms with Gasteiger partial charge in [-0.2, -0.15) is 0 Å². The van der Waals surface area contributed by atoms with E-state index in [-0.39, 0.29) is 11.6 Å². The number of hydrogen-bond donors (Lipinski definition) is 2. The number of anilines is 1. The van der Waals surface area contributed by atoms with Crippen molar-refractivity contribution in [1.29, 1.82) is 0 Å². The minimum absolute atomic E-state index is 0.205. The van der Waals surface area contributed by atoms with Gasteiger partial charge in [0.25, 0.3) is 5.91 Å². The van der Waals surface area contributed by atoms with Crippen LogP contribution in [0.25, 0.3) is 0 Å². The van der Waals surface area contributed by atoms with Gasteiger partial charge in [-0.25, -0.2) is 4.39 Å². The first kappa shape index (κ1) is 11.5. The number of carbonyl (C=O) groups is 1. The molecule has 7 heteroatoms. The van der Waals surface area contributed by atoms with Gasteiger partial charge in [0.2, 0.25) is 0 Å². The van der Waals surface area contributed by atoms with Crippen molar-refractivity contribution >= 4 is 23.1 Å². The molecule has 0 aliphatic carbocycles. The zero-order chi connectivity index (χ0) is 12.3. The van der Waals surface area contributed by atoms with Gasteiger partial charge in [0.1, 0.15) is 10.7 Å². The monoisotopic (exact) mass is 252 g/mol. The van der Waals surface area contributed by atoms with Crippen molar-refractivity contribution in [1.82, 2.24) is 15.0 Å². The number of aromatic nitrogens is 2. The number of para-hydroxylation sites is 1. The van der Waals surface area contributed by atoms with Crippen molar-refractivity contribution < 1.29 is 9.18 Å². The average Bonchev–Trinajstić information content (AvgIpc) is 2.74. The third-order valence-electron chi connectivity index (χ3n) is 2.04. The van der Waals surface area contributed by atoms with Gasteiger partial charge >= 0.3 is 0 Å². The van der Waals surface area contributed by atoms with Gasteiger partial charge in [0.15, 0.2) is 0 Å². The summed E-state index contributed by atoms with van der Waals surface area (Å²) < 4.78 is 16.9. The van der Waals surface area contributed by atoms with Crippen molar-refractivity contribution in [3.63, 3.8) is 0 Å². The molecule has 0 fully saturated rings. The fourth-order valence-corrected chi connectivity index (χ4v) is 1.73. The molecule has 0 unspecified atom stereocenters. The van der Waals surface area contributed by atoms with E-state index in [4.69, 9.17) is 0 Å². The molecule has 1 heterocycles. The van der Waals surface area contributed by atoms with Crippen LogP contribution in [0.4, 0.5) is 10.1 Å². The number of hydrazine groups is 1. The smallest absolute Gasteiger partial charge is 0.283 e. The molecular weight excluding hydrogens is 243 g/mol. The topological polar surface area (TPSA) is 66.9 Å². The number of amides is 1. The molecular formula is C10H9FN4OS. The van der Waals surface area contributed by atoms with Crippen LogP contribution < -0.4 is 10.9 Å². The summed E-state index contributed by atoms with van der Waals surface area (Å²) >= 11 is 0.990. The van der Waals surface area contributed by atoms with Gasteiger partial charge in [0, 0.05) is 0 Å². The van der Waals surface area contributed by atoms with E-state index in [9.17, 15) is 9.18 Å². The summed E-state index contributed by atoms with van der Waals surface area (Å²) in [5, 5.41) is 3.72. The summed E-state index contributed by atoms with van der Waals surface area (Å²) in [6, 6.07) is 6.05. The lowest BCUT2D eigenvalue weighted by molar-refractivity contribution is 0.0966. The largest absolute Gasteiger partial charge is 0.295 e. The Bertz CT molecular complexity index is 543. The Balaban J connectivity index is 2.02. The summed E-state index contributed by atoms with van der Waals surface area (Å²) in [6.45, 7) is 1.68. The highest BCUT2D eigenvalue weighted by molar-refractivity contribution is 7.08. The maximum Gasteiger partial charge on any atom is 0.283 e. The maximum absolute atomic E-state index is 13.2. The van der Waals surface area contributed by atoms with Gasteiger partial charge in [-0.3, -0.25) is 15.6 Å². The second kappa shape index (κ2) is 4.88. The fraction of sp³-hybridized carbons (Fsp3) is 0.100. The predicted octanol–water partition coefficient (Wildman–Crippen LogP) is 1.74. The van der Waals surface area contributed by atoms with Gasteiger partial charge in [-0.15, -0.1) is 5.10 Å². The Kier molecular flexibility index (Phi) is 3.29. The summed E-state index contributed by atoms with van der Waals surface area (Å²) in [7, 11) is 0. The number of halogens is 1. The summed E-state index contributed by atoms with van der Waals surface area (Å²) in [6.07, 6.45) is 0. The van der Waals surface area contributed by atoms with Crippen LogP contribution in [0, 0.1) is 12.7 Å². The number of aryl methyl sites for hydroxylation is 1. The lowest BCUT2D eigenvalue weighted by Crippen LogP contribution is -2.29. The second-order valence-corrected chi connectivity index (χ2v) is 4.00. The molecule has 0 saturated heterocycles. The van der Waals surface area contributed by atoms with E-state index >= 15 is 0 Å². The van der Waals surface area contributed by atoms with Crippen molar-refractivity contribution in [2.45, 2.75) is 6.92 Å². The molecule has 0 saturated carbocycles. The third kappa shape index (κ3) is 2.56. The normalized spacial score (nSPS) is 10.0. The van der Waals surface area contributed by atoms with E-state index in [2.05, 4.69) is 20.4 Å². The minimum Gasteiger partial charge on any atom is -0.295 e. The highest BCUT2D eigenvalue weighted by Gasteiger charge is 2.12. The minimum atomic E-state index is -0.438. The Morgan fingerprint density at radius 1 is 1.41 bits per heavy atom. The molecule has 2 N–H and O–H groups in total. The number of benzene rings is 1. The Morgan fingerprint density at radius 2 is 2.18 bits per heavy atom. The molecule has 0 spiro atoms. The SMILES string of the molecule is Cc1nnsc1C(=O)NNc1ccccc1F. The molecule has 1 aromatic heterocycles. The van der Waals surface area contributed by atoms with Crippen molar-refractivity contribution in [3.8, 4) is 0 Å². The Hall–Kier alpha value is -2.02. The molecule has 88 valence electrons. The number of nitrogens with zero attached hydrogens (tertiary/aromatic N) is 2. The lowest BCUT2D eigenvalue weighted by Gasteiger charge is -2.07. The summed E-state index contributed by atoms with van der Waals surface area (Å²) in [5.74, 6) is -0.826. The van der Waals surface area contributed by atoms with Crippen molar-refractivity contribution in [2.75, 3.05) is 5.43 Å². The molecule has 1 aromatic carbocycles. The quantitative estimate of drug-likeness (QED) is 0.817. The highest BCUT2D eigenvalue weighted by atomic mass is 32.1. The Labute approximate surface area is 101 Å². The first-order valence-corrected chi connectivity index (χ1v) is 5.55. The fourth-order valence-electron chi connectivity index (χ4n) is 1.18. The van der Waals surface area contributed by atoms with Gasteiger partial charge in [-0.05, 0) is 30.6 Å². The number of rotatable bonds is 3. The average molecular weight is 252 g/mol. The standard InChI is InChI=1S/C10H9FN4OS/c1-6-9(17-15-12-6)10(16)14-13-8-5-3-2-4-7(8)11/h2-5,13H,1H3,(H,14,16). The molecule has 0 atom stereocenters. The second-order valence-electron chi connectivity index (χ2n) is 3.25. The maximum atomic E-state index is 13.2. The number of nitrogens with one attached hydrogen (secondary N) is 2. The van der Waals surface area contributed by atoms with Crippen LogP contribution in [-0.4, -0.2) is 15.5 Å². The van der Waals surface area contributed by atoms with E-state index in [0.29, 0.717) is 10.6 Å². The van der Waals surface area contributed by atoms with Crippen LogP contribution >= 0.6 is 11.5 Å². The summed E-state index contributed by atoms with van der Waals surface area (Å²) in [5.41, 5.74) is 5.64. The van der Waals surface area contributed by atoms with Gasteiger partial charge in [-0.1, -0.05) is 16.6 Å². The molecule has 0 aliphatic rings. The van der Waals surface area contributed by atoms with E-state index in [1.54, 1.807) is 19.1 Å². The van der Waals surface area contributed by atoms with Crippen LogP contribution in [0.2, 0.25) is 0 Å². The first-order chi connectivity index (χ1) is 8.18. The van der Waals surface area contributed by atoms with E-state index in [1.165, 1.54) is 12.1 Å². The molecule has 2 aromatic rings. The van der Waals surface area contributed by atoms with E-state index in [1.807, 2.05) is 0 Å². The van der Waals surface area contributed by atoms with Gasteiger partial charge in [0.05, 0.1) is 11.4 Å². The first-order valence-electron chi connectivity index (χ1n) is 4.78. The number of hydrogen-bond acceptors (Lipinski definition) is 5. The van der Waals surface area contributed by atoms with Crippen LogP contribution in [0.3, 0.4) is 0 Å². The van der Waals surface area contributed by atoms with E-state index < -0.39 is 5.82 Å². The molecule has 1 amide bonds. The molecule has 0 radical (unpaired) electrons. The highest BCUT2D eigenvalue weighted by Crippen LogP contribution is 2.12. The van der Waals surface area contributed by atoms with Crippen LogP contribution in [0.15, 0.2) is 24.3 Å². The lowest BCUT2D eigenvalue weighted by atomic mass is 10.3. The molecule has 17 heavy (non-hydrogen) atoms. The molecule has 2 rings (SSSR count). The zero-order valence-electron chi connectivity index (χ0n) is 8.90. The van der Waals surface area contributed by atoms with Crippen LogP contribution in [-0.2, 0) is 0 Å². The number of carbonyl (C=O) groups excluding carboxylic acids is 1. The predicted molar refractivity (Wildman–Crippen MR) is 62.1 cm³/mol. The van der Waals surface area contributed by atoms with Crippen LogP contribution in [0.5, 0.6) is 0 Å². The molecule has 0 aliphatic heterocycles. The van der Waals surface area contributed by atoms with Crippen molar-refractivity contribution in [2.24, 2.45) is 0 Å². The molecule has 0 bridgehead atoms. The molecule has 5 nitrogen and oxygen atoms in total. The van der Waals surface area contributed by atoms with Crippen LogP contribution in [0.1, 0.15) is 15.4 Å². The van der Waals surface area contributed by atoms with Gasteiger partial charge < -0.3 is 0 Å². The van der Waals surface area contributed by atoms with Crippen molar-refractivity contribution in [3.05, 3.63) is 40.7 Å². The summed E-state index contributed by atoms with van der Waals surface area (Å²) in [4.78, 5) is 12.0.